The molecule has 11 heavy (non-hydrogen) atoms. The highest BCUT2D eigenvalue weighted by Crippen LogP contribution is 2.03. The van der Waals surface area contributed by atoms with Gasteiger partial charge in [-0.25, -0.2) is 0 Å². The molecule has 0 amide bonds. The third-order valence-corrected chi connectivity index (χ3v) is 1.51. The molecule has 0 aliphatic rings. The van der Waals surface area contributed by atoms with Gasteiger partial charge in [0.05, 0.1) is 0 Å². The minimum Gasteiger partial charge on any atom is -0.379 e. The second kappa shape index (κ2) is 6.38. The van der Waals surface area contributed by atoms with Crippen LogP contribution >= 0.6 is 0 Å². The van der Waals surface area contributed by atoms with Crippen molar-refractivity contribution in [3.05, 3.63) is 11.6 Å². The number of rotatable bonds is 5. The summed E-state index contributed by atoms with van der Waals surface area (Å²) in [5.74, 6) is 0. The maximum Gasteiger partial charge on any atom is 0.102 e. The first kappa shape index (κ1) is 10.7. The number of hydrogen-bond donors (Lipinski definition) is 2. The van der Waals surface area contributed by atoms with E-state index in [0.29, 0.717) is 0 Å². The van der Waals surface area contributed by atoms with E-state index in [1.54, 1.807) is 0 Å². The number of hydrogen-bond acceptors (Lipinski definition) is 2. The fraction of sp³-hybridized carbons (Fsp3) is 0.778. The Hall–Kier alpha value is -0.340. The summed E-state index contributed by atoms with van der Waals surface area (Å²) in [6.07, 6.45) is 5.55. The van der Waals surface area contributed by atoms with Crippen LogP contribution in [0.5, 0.6) is 0 Å². The summed E-state index contributed by atoms with van der Waals surface area (Å²) in [6, 6.07) is 0. The van der Waals surface area contributed by atoms with E-state index in [1.165, 1.54) is 5.57 Å². The smallest absolute Gasteiger partial charge is 0.102 e. The van der Waals surface area contributed by atoms with Crippen LogP contribution < -0.4 is 5.73 Å². The third kappa shape index (κ3) is 9.66. The fourth-order valence-electron chi connectivity index (χ4n) is 0.889. The van der Waals surface area contributed by atoms with E-state index in [9.17, 15) is 0 Å². The lowest BCUT2D eigenvalue weighted by Crippen LogP contribution is -2.17. The highest BCUT2D eigenvalue weighted by Gasteiger charge is 1.93. The molecule has 0 aromatic rings. The standard InChI is InChI=1S/C9H19NO/c1-8(2)6-4-3-5-7-9(10)11/h6,9,11H,3-5,7,10H2,1-2H3. The molecule has 1 unspecified atom stereocenters. The van der Waals surface area contributed by atoms with E-state index in [-0.39, 0.29) is 0 Å². The van der Waals surface area contributed by atoms with Gasteiger partial charge in [-0.2, -0.15) is 0 Å². The Morgan fingerprint density at radius 2 is 2.09 bits per heavy atom. The lowest BCUT2D eigenvalue weighted by Gasteiger charge is -2.01. The van der Waals surface area contributed by atoms with Crippen molar-refractivity contribution < 1.29 is 5.11 Å². The molecule has 2 nitrogen and oxygen atoms in total. The van der Waals surface area contributed by atoms with Gasteiger partial charge in [-0.1, -0.05) is 11.6 Å². The predicted molar refractivity (Wildman–Crippen MR) is 48.1 cm³/mol. The van der Waals surface area contributed by atoms with Crippen molar-refractivity contribution in [2.24, 2.45) is 5.73 Å². The van der Waals surface area contributed by atoms with Crippen LogP contribution in [-0.2, 0) is 0 Å². The molecule has 66 valence electrons. The predicted octanol–water partition coefficient (Wildman–Crippen LogP) is 1.79. The Morgan fingerprint density at radius 3 is 2.55 bits per heavy atom. The van der Waals surface area contributed by atoms with Crippen LogP contribution in [0.15, 0.2) is 11.6 Å². The van der Waals surface area contributed by atoms with Crippen molar-refractivity contribution in [1.29, 1.82) is 0 Å². The van der Waals surface area contributed by atoms with Crippen LogP contribution in [0.1, 0.15) is 39.5 Å². The average molecular weight is 157 g/mol. The van der Waals surface area contributed by atoms with Gasteiger partial charge in [0.15, 0.2) is 0 Å². The second-order valence-electron chi connectivity index (χ2n) is 3.13. The van der Waals surface area contributed by atoms with E-state index in [0.717, 1.165) is 25.7 Å². The van der Waals surface area contributed by atoms with Gasteiger partial charge >= 0.3 is 0 Å². The summed E-state index contributed by atoms with van der Waals surface area (Å²) in [6.45, 7) is 4.19. The number of aliphatic hydroxyl groups is 1. The summed E-state index contributed by atoms with van der Waals surface area (Å²) >= 11 is 0. The summed E-state index contributed by atoms with van der Waals surface area (Å²) in [5, 5.41) is 8.72. The molecular weight excluding hydrogens is 138 g/mol. The Labute approximate surface area is 69.1 Å². The highest BCUT2D eigenvalue weighted by atomic mass is 16.3. The Kier molecular flexibility index (Phi) is 6.18. The van der Waals surface area contributed by atoms with Gasteiger partial charge in [-0.3, -0.25) is 0 Å². The number of nitrogens with two attached hydrogens (primary N) is 1. The summed E-state index contributed by atoms with van der Waals surface area (Å²) in [5.41, 5.74) is 6.53. The molecule has 0 radical (unpaired) electrons. The molecule has 0 fully saturated rings. The van der Waals surface area contributed by atoms with Gasteiger partial charge in [0.2, 0.25) is 0 Å². The molecule has 0 heterocycles. The summed E-state index contributed by atoms with van der Waals surface area (Å²) in [7, 11) is 0. The monoisotopic (exact) mass is 157 g/mol. The molecule has 0 bridgehead atoms. The van der Waals surface area contributed by atoms with Gasteiger partial charge in [0.25, 0.3) is 0 Å². The van der Waals surface area contributed by atoms with Crippen molar-refractivity contribution >= 4 is 0 Å². The van der Waals surface area contributed by atoms with Gasteiger partial charge in [0, 0.05) is 0 Å². The van der Waals surface area contributed by atoms with Crippen molar-refractivity contribution in [3.8, 4) is 0 Å². The van der Waals surface area contributed by atoms with Crippen LogP contribution in [0, 0.1) is 0 Å². The third-order valence-electron chi connectivity index (χ3n) is 1.51. The van der Waals surface area contributed by atoms with Crippen LogP contribution in [0.4, 0.5) is 0 Å². The first-order valence-corrected chi connectivity index (χ1v) is 4.20. The molecule has 0 aliphatic carbocycles. The normalized spacial score (nSPS) is 12.7. The molecule has 0 rings (SSSR count). The molecule has 0 saturated carbocycles. The zero-order valence-electron chi connectivity index (χ0n) is 7.51. The van der Waals surface area contributed by atoms with Crippen molar-refractivity contribution in [1.82, 2.24) is 0 Å². The minimum atomic E-state index is -0.623. The van der Waals surface area contributed by atoms with Crippen LogP contribution in [0.3, 0.4) is 0 Å². The SMILES string of the molecule is CC(C)=CCCCCC(N)O. The largest absolute Gasteiger partial charge is 0.379 e. The maximum absolute atomic E-state index is 8.72. The molecule has 2 heteroatoms. The number of aliphatic hydroxyl groups excluding tert-OH is 1. The lowest BCUT2D eigenvalue weighted by molar-refractivity contribution is 0.168. The average Bonchev–Trinajstić information content (AvgIpc) is 1.85. The summed E-state index contributed by atoms with van der Waals surface area (Å²) < 4.78 is 0. The quantitative estimate of drug-likeness (QED) is 0.363. The first-order chi connectivity index (χ1) is 5.13. The molecule has 3 N–H and O–H groups in total. The Balaban J connectivity index is 3.09. The first-order valence-electron chi connectivity index (χ1n) is 4.20. The molecule has 1 atom stereocenters. The van der Waals surface area contributed by atoms with Crippen LogP contribution in [-0.4, -0.2) is 11.3 Å². The van der Waals surface area contributed by atoms with Crippen molar-refractivity contribution in [2.75, 3.05) is 0 Å². The molecule has 0 aromatic carbocycles. The van der Waals surface area contributed by atoms with Gasteiger partial charge in [-0.05, 0) is 39.5 Å². The Morgan fingerprint density at radius 1 is 1.45 bits per heavy atom. The fourth-order valence-corrected chi connectivity index (χ4v) is 0.889. The number of unbranched alkanes of at least 4 members (excludes halogenated alkanes) is 2. The van der Waals surface area contributed by atoms with E-state index in [1.807, 2.05) is 0 Å². The van der Waals surface area contributed by atoms with Gasteiger partial charge < -0.3 is 10.8 Å². The lowest BCUT2D eigenvalue weighted by atomic mass is 10.1. The topological polar surface area (TPSA) is 46.2 Å². The highest BCUT2D eigenvalue weighted by molar-refractivity contribution is 4.92. The van der Waals surface area contributed by atoms with Crippen LogP contribution in [0.2, 0.25) is 0 Å². The van der Waals surface area contributed by atoms with E-state index < -0.39 is 6.23 Å². The Bertz CT molecular complexity index is 115. The van der Waals surface area contributed by atoms with Gasteiger partial charge in [-0.15, -0.1) is 0 Å². The second-order valence-corrected chi connectivity index (χ2v) is 3.13. The minimum absolute atomic E-state index is 0.623. The van der Waals surface area contributed by atoms with E-state index in [4.69, 9.17) is 10.8 Å². The van der Waals surface area contributed by atoms with Gasteiger partial charge in [0.1, 0.15) is 6.23 Å². The molecule has 0 saturated heterocycles. The number of allylic oxidation sites excluding steroid dienone is 2. The zero-order valence-corrected chi connectivity index (χ0v) is 7.51. The summed E-state index contributed by atoms with van der Waals surface area (Å²) in [4.78, 5) is 0. The van der Waals surface area contributed by atoms with Crippen molar-refractivity contribution in [3.63, 3.8) is 0 Å². The van der Waals surface area contributed by atoms with E-state index in [2.05, 4.69) is 19.9 Å². The van der Waals surface area contributed by atoms with Crippen LogP contribution in [0.25, 0.3) is 0 Å². The zero-order chi connectivity index (χ0) is 8.69. The van der Waals surface area contributed by atoms with E-state index >= 15 is 0 Å². The molecule has 0 aliphatic heterocycles. The molecule has 0 spiro atoms. The van der Waals surface area contributed by atoms with Crippen molar-refractivity contribution in [2.45, 2.75) is 45.8 Å². The maximum atomic E-state index is 8.72. The molecule has 0 aromatic heterocycles. The molecular formula is C9H19NO.